The Morgan fingerprint density at radius 3 is 1.68 bits per heavy atom. The van der Waals surface area contributed by atoms with E-state index in [0.717, 1.165) is 12.0 Å². The lowest BCUT2D eigenvalue weighted by Crippen LogP contribution is -2.40. The molecule has 1 heteroatoms. The number of carbonyl (C=O) groups is 1. The van der Waals surface area contributed by atoms with Gasteiger partial charge in [-0.15, -0.1) is 0 Å². The Hall–Kier alpha value is -0.590. The fourth-order valence-corrected chi connectivity index (χ4v) is 2.87. The van der Waals surface area contributed by atoms with E-state index in [4.69, 9.17) is 0 Å². The average molecular weight is 264 g/mol. The molecule has 0 aromatic carbocycles. The van der Waals surface area contributed by atoms with E-state index >= 15 is 0 Å². The molecule has 1 nitrogen and oxygen atoms in total. The van der Waals surface area contributed by atoms with E-state index in [-0.39, 0.29) is 22.2 Å². The molecule has 0 spiro atoms. The van der Waals surface area contributed by atoms with Gasteiger partial charge in [-0.2, -0.15) is 0 Å². The summed E-state index contributed by atoms with van der Waals surface area (Å²) >= 11 is 0. The Bertz CT molecular complexity index is 379. The quantitative estimate of drug-likeness (QED) is 0.583. The van der Waals surface area contributed by atoms with E-state index in [0.29, 0.717) is 11.7 Å². The minimum absolute atomic E-state index is 0.0470. The first-order chi connectivity index (χ1) is 8.24. The molecule has 0 aromatic rings. The molecule has 2 unspecified atom stereocenters. The maximum absolute atomic E-state index is 12.8. The van der Waals surface area contributed by atoms with Crippen molar-refractivity contribution in [1.82, 2.24) is 0 Å². The van der Waals surface area contributed by atoms with Crippen molar-refractivity contribution in [2.45, 2.75) is 68.7 Å². The van der Waals surface area contributed by atoms with Crippen molar-refractivity contribution in [3.8, 4) is 0 Å². The van der Waals surface area contributed by atoms with Crippen LogP contribution in [0.4, 0.5) is 0 Å². The molecule has 0 fully saturated rings. The molecule has 110 valence electrons. The lowest BCUT2D eigenvalue weighted by Gasteiger charge is -2.43. The predicted octanol–water partition coefficient (Wildman–Crippen LogP) is 5.26. The van der Waals surface area contributed by atoms with Gasteiger partial charge in [-0.25, -0.2) is 0 Å². The number of ketones is 1. The van der Waals surface area contributed by atoms with Crippen molar-refractivity contribution in [2.24, 2.45) is 28.1 Å². The first kappa shape index (κ1) is 16.5. The topological polar surface area (TPSA) is 17.1 Å². The first-order valence-electron chi connectivity index (χ1n) is 7.51. The predicted molar refractivity (Wildman–Crippen MR) is 83.1 cm³/mol. The smallest absolute Gasteiger partial charge is 0.162 e. The molecule has 0 bridgehead atoms. The summed E-state index contributed by atoms with van der Waals surface area (Å²) in [6.07, 6.45) is 3.26. The highest BCUT2D eigenvalue weighted by molar-refractivity contribution is 5.99. The molecular weight excluding hydrogens is 232 g/mol. The summed E-state index contributed by atoms with van der Waals surface area (Å²) in [4.78, 5) is 12.8. The average Bonchev–Trinajstić information content (AvgIpc) is 2.11. The Labute approximate surface area is 119 Å². The van der Waals surface area contributed by atoms with Gasteiger partial charge in [0, 0.05) is 5.92 Å². The minimum atomic E-state index is -0.0511. The number of rotatable bonds is 0. The molecule has 1 aliphatic carbocycles. The summed E-state index contributed by atoms with van der Waals surface area (Å²) in [5.41, 5.74) is 1.26. The van der Waals surface area contributed by atoms with Crippen LogP contribution in [0.15, 0.2) is 11.6 Å². The summed E-state index contributed by atoms with van der Waals surface area (Å²) in [7, 11) is 0. The highest BCUT2D eigenvalue weighted by Gasteiger charge is 2.43. The van der Waals surface area contributed by atoms with Crippen LogP contribution in [0.25, 0.3) is 0 Å². The summed E-state index contributed by atoms with van der Waals surface area (Å²) in [5, 5.41) is 0. The monoisotopic (exact) mass is 264 g/mol. The molecule has 0 N–H and O–H groups in total. The third kappa shape index (κ3) is 3.70. The minimum Gasteiger partial charge on any atom is -0.294 e. The Balaban J connectivity index is 3.29. The molecule has 0 heterocycles. The third-order valence-corrected chi connectivity index (χ3v) is 4.41. The first-order valence-corrected chi connectivity index (χ1v) is 7.51. The van der Waals surface area contributed by atoms with Crippen LogP contribution < -0.4 is 0 Å². The Morgan fingerprint density at radius 2 is 1.37 bits per heavy atom. The second-order valence-electron chi connectivity index (χ2n) is 9.32. The highest BCUT2D eigenvalue weighted by atomic mass is 16.1. The van der Waals surface area contributed by atoms with Gasteiger partial charge in [0.2, 0.25) is 0 Å². The standard InChI is InChI=1S/C18H32O/c1-16(2,3)12-10-13(17(4,5)6)15(19)14(11-12)18(7,8)9/h10,12,14H,11H2,1-9H3. The van der Waals surface area contributed by atoms with Crippen LogP contribution in [0.1, 0.15) is 68.7 Å². The fraction of sp³-hybridized carbons (Fsp3) is 0.833. The van der Waals surface area contributed by atoms with E-state index in [1.54, 1.807) is 0 Å². The largest absolute Gasteiger partial charge is 0.294 e. The van der Waals surface area contributed by atoms with Crippen molar-refractivity contribution in [3.05, 3.63) is 11.6 Å². The number of Topliss-reactive ketones (excluding diaryl/α,β-unsaturated/α-hetero) is 1. The van der Waals surface area contributed by atoms with Crippen LogP contribution in [0, 0.1) is 28.1 Å². The van der Waals surface area contributed by atoms with Gasteiger partial charge in [-0.1, -0.05) is 68.4 Å². The number of hydrogen-bond acceptors (Lipinski definition) is 1. The molecule has 0 radical (unpaired) electrons. The normalized spacial score (nSPS) is 26.4. The molecular formula is C18H32O. The highest BCUT2D eigenvalue weighted by Crippen LogP contribution is 2.46. The number of hydrogen-bond donors (Lipinski definition) is 0. The molecule has 0 amide bonds. The van der Waals surface area contributed by atoms with E-state index in [1.165, 1.54) is 0 Å². The van der Waals surface area contributed by atoms with Crippen molar-refractivity contribution in [3.63, 3.8) is 0 Å². The number of carbonyl (C=O) groups excluding carboxylic acids is 1. The van der Waals surface area contributed by atoms with Crippen LogP contribution >= 0.6 is 0 Å². The van der Waals surface area contributed by atoms with E-state index < -0.39 is 0 Å². The second kappa shape index (κ2) is 4.75. The number of allylic oxidation sites excluding steroid dienone is 2. The van der Waals surface area contributed by atoms with Crippen LogP contribution in [-0.2, 0) is 4.79 Å². The van der Waals surface area contributed by atoms with E-state index in [9.17, 15) is 4.79 Å². The van der Waals surface area contributed by atoms with Gasteiger partial charge >= 0.3 is 0 Å². The molecule has 0 saturated carbocycles. The zero-order valence-electron chi connectivity index (χ0n) is 14.3. The molecule has 0 saturated heterocycles. The lowest BCUT2D eigenvalue weighted by molar-refractivity contribution is -0.125. The van der Waals surface area contributed by atoms with Crippen molar-refractivity contribution in [1.29, 1.82) is 0 Å². The second-order valence-corrected chi connectivity index (χ2v) is 9.32. The maximum Gasteiger partial charge on any atom is 0.162 e. The van der Waals surface area contributed by atoms with Crippen LogP contribution in [-0.4, -0.2) is 5.78 Å². The molecule has 19 heavy (non-hydrogen) atoms. The van der Waals surface area contributed by atoms with Gasteiger partial charge in [0.15, 0.2) is 5.78 Å². The van der Waals surface area contributed by atoms with Crippen molar-refractivity contribution < 1.29 is 4.79 Å². The zero-order valence-corrected chi connectivity index (χ0v) is 14.3. The van der Waals surface area contributed by atoms with Gasteiger partial charge in [-0.3, -0.25) is 4.79 Å². The van der Waals surface area contributed by atoms with E-state index in [1.807, 2.05) is 0 Å². The molecule has 2 atom stereocenters. The zero-order chi connectivity index (χ0) is 15.2. The maximum atomic E-state index is 12.8. The van der Waals surface area contributed by atoms with Crippen LogP contribution in [0.3, 0.4) is 0 Å². The van der Waals surface area contributed by atoms with Gasteiger partial charge in [0.1, 0.15) is 0 Å². The molecule has 0 aromatic heterocycles. The lowest BCUT2D eigenvalue weighted by atomic mass is 9.61. The fourth-order valence-electron chi connectivity index (χ4n) is 2.87. The van der Waals surface area contributed by atoms with Gasteiger partial charge in [0.05, 0.1) is 0 Å². The molecule has 1 aliphatic rings. The van der Waals surface area contributed by atoms with Crippen LogP contribution in [0.2, 0.25) is 0 Å². The van der Waals surface area contributed by atoms with Crippen molar-refractivity contribution >= 4 is 5.78 Å². The Morgan fingerprint density at radius 1 is 0.895 bits per heavy atom. The third-order valence-electron chi connectivity index (χ3n) is 4.41. The summed E-state index contributed by atoms with van der Waals surface area (Å²) in [6.45, 7) is 19.9. The van der Waals surface area contributed by atoms with E-state index in [2.05, 4.69) is 68.4 Å². The van der Waals surface area contributed by atoms with Crippen LogP contribution in [0.5, 0.6) is 0 Å². The summed E-state index contributed by atoms with van der Waals surface area (Å²) in [6, 6.07) is 0. The van der Waals surface area contributed by atoms with Crippen molar-refractivity contribution in [2.75, 3.05) is 0 Å². The Kier molecular flexibility index (Phi) is 4.12. The molecule has 0 aliphatic heterocycles. The van der Waals surface area contributed by atoms with Gasteiger partial charge in [-0.05, 0) is 34.2 Å². The van der Waals surface area contributed by atoms with Gasteiger partial charge in [0.25, 0.3) is 0 Å². The summed E-state index contributed by atoms with van der Waals surface area (Å²) in [5.74, 6) is 1.01. The van der Waals surface area contributed by atoms with Gasteiger partial charge < -0.3 is 0 Å². The molecule has 1 rings (SSSR count). The summed E-state index contributed by atoms with van der Waals surface area (Å²) < 4.78 is 0. The SMILES string of the molecule is CC(C)(C)C1=CC(C(C)(C)C)CC(C(C)(C)C)C1=O.